The fourth-order valence-corrected chi connectivity index (χ4v) is 1.18. The summed E-state index contributed by atoms with van der Waals surface area (Å²) in [6.07, 6.45) is 1.80. The predicted molar refractivity (Wildman–Crippen MR) is 53.6 cm³/mol. The van der Waals surface area contributed by atoms with E-state index in [0.717, 1.165) is 11.1 Å². The van der Waals surface area contributed by atoms with Gasteiger partial charge in [0, 0.05) is 5.02 Å². The van der Waals surface area contributed by atoms with Crippen LogP contribution in [0.3, 0.4) is 0 Å². The molecule has 0 saturated carbocycles. The second-order valence-electron chi connectivity index (χ2n) is 2.53. The van der Waals surface area contributed by atoms with E-state index in [2.05, 4.69) is 12.6 Å². The minimum absolute atomic E-state index is 0.471. The van der Waals surface area contributed by atoms with Gasteiger partial charge >= 0.3 is 0 Å². The van der Waals surface area contributed by atoms with Gasteiger partial charge in [0.25, 0.3) is 0 Å². The molecule has 1 radical (unpaired) electrons. The highest BCUT2D eigenvalue weighted by atomic mass is 35.5. The molecule has 3 heteroatoms. The molecule has 1 nitrogen and oxygen atoms in total. The first-order valence-electron chi connectivity index (χ1n) is 3.47. The summed E-state index contributed by atoms with van der Waals surface area (Å²) in [5, 5.41) is 0.228. The highest BCUT2D eigenvalue weighted by Crippen LogP contribution is 2.22. The molecule has 0 aliphatic carbocycles. The maximum absolute atomic E-state index is 10.3. The first-order valence-corrected chi connectivity index (χ1v) is 4.36. The van der Waals surface area contributed by atoms with Gasteiger partial charge in [0.2, 0.25) is 6.29 Å². The Morgan fingerprint density at radius 1 is 1.58 bits per heavy atom. The number of halogens is 1. The quantitative estimate of drug-likeness (QED) is 0.725. The smallest absolute Gasteiger partial charge is 0.216 e. The third kappa shape index (κ3) is 2.02. The molecule has 0 aliphatic rings. The minimum atomic E-state index is -0.471. The summed E-state index contributed by atoms with van der Waals surface area (Å²) in [5.74, 6) is 0. The third-order valence-electron chi connectivity index (χ3n) is 1.61. The lowest BCUT2D eigenvalue weighted by molar-refractivity contribution is 0.554. The number of hydrogen-bond acceptors (Lipinski definition) is 2. The fraction of sp³-hybridized carbons (Fsp3) is 0.222. The molecular formula is C9H8ClOS. The van der Waals surface area contributed by atoms with E-state index in [1.54, 1.807) is 18.4 Å². The van der Waals surface area contributed by atoms with Crippen molar-refractivity contribution in [3.05, 3.63) is 34.3 Å². The Hall–Kier alpha value is -0.470. The highest BCUT2D eigenvalue weighted by molar-refractivity contribution is 7.81. The zero-order chi connectivity index (χ0) is 9.14. The number of thiol groups is 1. The maximum Gasteiger partial charge on any atom is 0.216 e. The van der Waals surface area contributed by atoms with Crippen LogP contribution in [-0.4, -0.2) is 6.29 Å². The molecule has 1 unspecified atom stereocenters. The van der Waals surface area contributed by atoms with Gasteiger partial charge in [0.1, 0.15) is 0 Å². The van der Waals surface area contributed by atoms with E-state index in [1.807, 2.05) is 13.0 Å². The molecule has 0 aliphatic heterocycles. The Labute approximate surface area is 82.1 Å². The number of carbonyl (C=O) groups excluding carboxylic acids is 1. The number of rotatable bonds is 2. The lowest BCUT2D eigenvalue weighted by Gasteiger charge is -2.04. The molecule has 1 rings (SSSR count). The average Bonchev–Trinajstić information content (AvgIpc) is 2.08. The van der Waals surface area contributed by atoms with E-state index < -0.39 is 5.25 Å². The van der Waals surface area contributed by atoms with Crippen LogP contribution in [0.25, 0.3) is 0 Å². The SMILES string of the molecule is Cc1cc(C(S)[C]=O)ccc1Cl. The molecule has 0 saturated heterocycles. The van der Waals surface area contributed by atoms with Crippen LogP contribution in [0.15, 0.2) is 18.2 Å². The average molecular weight is 200 g/mol. The van der Waals surface area contributed by atoms with Crippen molar-refractivity contribution in [3.63, 3.8) is 0 Å². The van der Waals surface area contributed by atoms with Crippen molar-refractivity contribution in [1.29, 1.82) is 0 Å². The first-order chi connectivity index (χ1) is 5.65. The molecule has 0 fully saturated rings. The summed E-state index contributed by atoms with van der Waals surface area (Å²) < 4.78 is 0. The Bertz CT molecular complexity index is 299. The van der Waals surface area contributed by atoms with Crippen LogP contribution in [0.5, 0.6) is 0 Å². The monoisotopic (exact) mass is 199 g/mol. The molecule has 1 aromatic rings. The van der Waals surface area contributed by atoms with Crippen molar-refractivity contribution in [2.45, 2.75) is 12.2 Å². The fourth-order valence-electron chi connectivity index (χ4n) is 0.906. The van der Waals surface area contributed by atoms with Crippen molar-refractivity contribution in [2.75, 3.05) is 0 Å². The van der Waals surface area contributed by atoms with Crippen LogP contribution in [0.1, 0.15) is 16.4 Å². The van der Waals surface area contributed by atoms with E-state index in [4.69, 9.17) is 11.6 Å². The Morgan fingerprint density at radius 2 is 2.25 bits per heavy atom. The molecule has 1 atom stereocenters. The Kier molecular flexibility index (Phi) is 3.18. The predicted octanol–water partition coefficient (Wildman–Crippen LogP) is 2.73. The molecule has 0 amide bonds. The lowest BCUT2D eigenvalue weighted by atomic mass is 10.1. The summed E-state index contributed by atoms with van der Waals surface area (Å²) in [5.41, 5.74) is 1.78. The van der Waals surface area contributed by atoms with Crippen molar-refractivity contribution in [3.8, 4) is 0 Å². The van der Waals surface area contributed by atoms with Gasteiger partial charge in [-0.15, -0.1) is 0 Å². The number of hydrogen-bond donors (Lipinski definition) is 1. The van der Waals surface area contributed by atoms with Gasteiger partial charge in [-0.25, -0.2) is 0 Å². The van der Waals surface area contributed by atoms with Crippen molar-refractivity contribution in [2.24, 2.45) is 0 Å². The van der Waals surface area contributed by atoms with Gasteiger partial charge in [-0.2, -0.15) is 12.6 Å². The van der Waals surface area contributed by atoms with Gasteiger partial charge in [0.15, 0.2) is 0 Å². The summed E-state index contributed by atoms with van der Waals surface area (Å²) >= 11 is 9.84. The Balaban J connectivity index is 3.04. The van der Waals surface area contributed by atoms with Crippen LogP contribution in [0.4, 0.5) is 0 Å². The van der Waals surface area contributed by atoms with Gasteiger partial charge in [-0.05, 0) is 24.1 Å². The molecule has 0 N–H and O–H groups in total. The summed E-state index contributed by atoms with van der Waals surface area (Å²) in [7, 11) is 0. The highest BCUT2D eigenvalue weighted by Gasteiger charge is 2.06. The normalized spacial score (nSPS) is 12.6. The topological polar surface area (TPSA) is 17.1 Å². The third-order valence-corrected chi connectivity index (χ3v) is 2.44. The second-order valence-corrected chi connectivity index (χ2v) is 3.45. The van der Waals surface area contributed by atoms with E-state index in [1.165, 1.54) is 0 Å². The largest absolute Gasteiger partial charge is 0.289 e. The van der Waals surface area contributed by atoms with Crippen molar-refractivity contribution < 1.29 is 4.79 Å². The molecule has 0 bridgehead atoms. The molecule has 0 aromatic heterocycles. The molecular weight excluding hydrogens is 192 g/mol. The Morgan fingerprint density at radius 3 is 2.75 bits per heavy atom. The molecule has 12 heavy (non-hydrogen) atoms. The van der Waals surface area contributed by atoms with Gasteiger partial charge in [0.05, 0.1) is 5.25 Å². The second kappa shape index (κ2) is 3.97. The zero-order valence-electron chi connectivity index (χ0n) is 6.54. The van der Waals surface area contributed by atoms with Gasteiger partial charge < -0.3 is 0 Å². The lowest BCUT2D eigenvalue weighted by Crippen LogP contribution is -1.91. The molecule has 1 aromatic carbocycles. The van der Waals surface area contributed by atoms with Crippen LogP contribution in [-0.2, 0) is 4.79 Å². The number of aryl methyl sites for hydroxylation is 1. The van der Waals surface area contributed by atoms with Crippen LogP contribution in [0.2, 0.25) is 5.02 Å². The van der Waals surface area contributed by atoms with E-state index in [0.29, 0.717) is 5.02 Å². The van der Waals surface area contributed by atoms with Crippen molar-refractivity contribution >= 4 is 30.5 Å². The first kappa shape index (κ1) is 9.62. The van der Waals surface area contributed by atoms with E-state index in [-0.39, 0.29) is 0 Å². The summed E-state index contributed by atoms with van der Waals surface area (Å²) in [4.78, 5) is 10.3. The molecule has 0 heterocycles. The molecule has 63 valence electrons. The minimum Gasteiger partial charge on any atom is -0.289 e. The van der Waals surface area contributed by atoms with Crippen LogP contribution in [0, 0.1) is 6.92 Å². The standard InChI is InChI=1S/C9H8ClOS/c1-6-4-7(9(12)5-11)2-3-8(6)10/h2-4,9,12H,1H3. The van der Waals surface area contributed by atoms with Gasteiger partial charge in [-0.1, -0.05) is 23.7 Å². The summed E-state index contributed by atoms with van der Waals surface area (Å²) in [6, 6.07) is 5.37. The van der Waals surface area contributed by atoms with Crippen LogP contribution < -0.4 is 0 Å². The molecule has 0 spiro atoms. The van der Waals surface area contributed by atoms with Crippen LogP contribution >= 0.6 is 24.2 Å². The van der Waals surface area contributed by atoms with E-state index >= 15 is 0 Å². The number of benzene rings is 1. The van der Waals surface area contributed by atoms with Gasteiger partial charge in [-0.3, -0.25) is 4.79 Å². The maximum atomic E-state index is 10.3. The summed E-state index contributed by atoms with van der Waals surface area (Å²) in [6.45, 7) is 1.89. The van der Waals surface area contributed by atoms with Crippen molar-refractivity contribution in [1.82, 2.24) is 0 Å². The van der Waals surface area contributed by atoms with E-state index in [9.17, 15) is 4.79 Å². The zero-order valence-corrected chi connectivity index (χ0v) is 8.19.